The number of likely N-dealkylation sites (tertiary alicyclic amines) is 1. The maximum Gasteiger partial charge on any atom is 0.249 e. The minimum atomic E-state index is -0.509. The number of nitrogens with one attached hydrogen (secondary N) is 1. The van der Waals surface area contributed by atoms with Crippen molar-refractivity contribution in [3.63, 3.8) is 0 Å². The van der Waals surface area contributed by atoms with Crippen LogP contribution in [0.25, 0.3) is 0 Å². The average Bonchev–Trinajstić information content (AvgIpc) is 3.27. The van der Waals surface area contributed by atoms with Crippen LogP contribution in [-0.4, -0.2) is 33.8 Å². The van der Waals surface area contributed by atoms with Gasteiger partial charge in [-0.05, 0) is 31.5 Å². The Morgan fingerprint density at radius 2 is 1.84 bits per heavy atom. The van der Waals surface area contributed by atoms with Gasteiger partial charge in [-0.2, -0.15) is 0 Å². The third kappa shape index (κ3) is 2.58. The topological polar surface area (TPSA) is 65.8 Å². The average molecular weight is 339 g/mol. The molecule has 1 aromatic carbocycles. The summed E-state index contributed by atoms with van der Waals surface area (Å²) in [6.45, 7) is 4.28. The first-order valence-corrected chi connectivity index (χ1v) is 8.55. The Morgan fingerprint density at radius 1 is 1.08 bits per heavy atom. The van der Waals surface area contributed by atoms with E-state index in [0.717, 1.165) is 5.56 Å². The molecular formula is C19H21N3O3. The Labute approximate surface area is 146 Å². The van der Waals surface area contributed by atoms with Crippen molar-refractivity contribution in [2.75, 3.05) is 0 Å². The van der Waals surface area contributed by atoms with Crippen LogP contribution in [0.5, 0.6) is 0 Å². The first-order valence-electron chi connectivity index (χ1n) is 8.55. The lowest BCUT2D eigenvalue weighted by Crippen LogP contribution is -2.46. The number of hydrogen-bond donors (Lipinski definition) is 1. The molecular weight excluding hydrogens is 318 g/mol. The van der Waals surface area contributed by atoms with Crippen molar-refractivity contribution >= 4 is 11.8 Å². The molecule has 25 heavy (non-hydrogen) atoms. The fraction of sp³-hybridized carbons (Fsp3) is 0.368. The summed E-state index contributed by atoms with van der Waals surface area (Å²) in [7, 11) is 0. The van der Waals surface area contributed by atoms with Crippen LogP contribution >= 0.6 is 0 Å². The van der Waals surface area contributed by atoms with Crippen LogP contribution in [-0.2, 0) is 16.1 Å². The number of rotatable bonds is 4. The summed E-state index contributed by atoms with van der Waals surface area (Å²) < 4.78 is 5.53. The summed E-state index contributed by atoms with van der Waals surface area (Å²) in [5, 5.41) is 1.88. The summed E-state index contributed by atoms with van der Waals surface area (Å²) in [5.74, 6) is -0.0565. The molecule has 6 nitrogen and oxygen atoms in total. The van der Waals surface area contributed by atoms with Gasteiger partial charge in [0.2, 0.25) is 11.8 Å². The fourth-order valence-corrected chi connectivity index (χ4v) is 3.83. The van der Waals surface area contributed by atoms with Gasteiger partial charge in [0.05, 0.1) is 18.2 Å². The van der Waals surface area contributed by atoms with E-state index in [-0.39, 0.29) is 23.9 Å². The minimum Gasteiger partial charge on any atom is -0.468 e. The molecule has 2 aliphatic rings. The van der Waals surface area contributed by atoms with E-state index in [0.29, 0.717) is 12.3 Å². The van der Waals surface area contributed by atoms with Crippen molar-refractivity contribution in [1.29, 1.82) is 0 Å². The van der Waals surface area contributed by atoms with Crippen LogP contribution in [0, 0.1) is 5.92 Å². The van der Waals surface area contributed by atoms with E-state index in [2.05, 4.69) is 5.43 Å². The summed E-state index contributed by atoms with van der Waals surface area (Å²) in [6.07, 6.45) is 1.59. The maximum atomic E-state index is 12.9. The number of hydrazine groups is 1. The van der Waals surface area contributed by atoms with Gasteiger partial charge in [0.15, 0.2) is 0 Å². The SMILES string of the molecule is CC(C)N1C(=O)[C@H]2[C@@H](c3ccco3)NN(Cc3ccccc3)[C@@H]2C1=O. The molecule has 2 fully saturated rings. The standard InChI is InChI=1S/C19H21N3O3/c1-12(2)22-18(23)15-16(14-9-6-10-25-14)20-21(17(15)19(22)24)11-13-7-4-3-5-8-13/h3-10,12,15-17,20H,11H2,1-2H3/t15-,16+,17-/m0/s1. The van der Waals surface area contributed by atoms with Crippen LogP contribution in [0.15, 0.2) is 53.1 Å². The number of carbonyl (C=O) groups is 2. The van der Waals surface area contributed by atoms with Gasteiger partial charge in [-0.15, -0.1) is 0 Å². The number of amides is 2. The first-order chi connectivity index (χ1) is 12.1. The molecule has 4 rings (SSSR count). The predicted octanol–water partition coefficient (Wildman–Crippen LogP) is 2.10. The molecule has 3 heterocycles. The molecule has 0 radical (unpaired) electrons. The molecule has 6 heteroatoms. The van der Waals surface area contributed by atoms with Crippen LogP contribution in [0.2, 0.25) is 0 Å². The minimum absolute atomic E-state index is 0.130. The smallest absolute Gasteiger partial charge is 0.249 e. The van der Waals surface area contributed by atoms with Gasteiger partial charge in [-0.25, -0.2) is 10.4 Å². The largest absolute Gasteiger partial charge is 0.468 e. The van der Waals surface area contributed by atoms with Crippen molar-refractivity contribution in [3.05, 3.63) is 60.1 Å². The molecule has 1 N–H and O–H groups in total. The van der Waals surface area contributed by atoms with Gasteiger partial charge in [-0.3, -0.25) is 14.5 Å². The maximum absolute atomic E-state index is 12.9. The second-order valence-electron chi connectivity index (χ2n) is 6.85. The van der Waals surface area contributed by atoms with Gasteiger partial charge in [0, 0.05) is 12.6 Å². The monoisotopic (exact) mass is 339 g/mol. The summed E-state index contributed by atoms with van der Waals surface area (Å²) in [6, 6.07) is 12.6. The molecule has 1 aromatic heterocycles. The fourth-order valence-electron chi connectivity index (χ4n) is 3.83. The van der Waals surface area contributed by atoms with Crippen LogP contribution in [0.4, 0.5) is 0 Å². The third-order valence-electron chi connectivity index (χ3n) is 4.91. The van der Waals surface area contributed by atoms with Crippen molar-refractivity contribution in [1.82, 2.24) is 15.3 Å². The molecule has 3 atom stereocenters. The zero-order chi connectivity index (χ0) is 17.6. The molecule has 2 aliphatic heterocycles. The summed E-state index contributed by atoms with van der Waals surface area (Å²) >= 11 is 0. The van der Waals surface area contributed by atoms with Crippen molar-refractivity contribution < 1.29 is 14.0 Å². The summed E-state index contributed by atoms with van der Waals surface area (Å²) in [5.41, 5.74) is 4.42. The third-order valence-corrected chi connectivity index (χ3v) is 4.91. The molecule has 0 bridgehead atoms. The van der Waals surface area contributed by atoms with Gasteiger partial charge < -0.3 is 4.42 Å². The Morgan fingerprint density at radius 3 is 2.48 bits per heavy atom. The quantitative estimate of drug-likeness (QED) is 0.864. The predicted molar refractivity (Wildman–Crippen MR) is 90.8 cm³/mol. The zero-order valence-corrected chi connectivity index (χ0v) is 14.3. The number of furan rings is 1. The molecule has 0 unspecified atom stereocenters. The molecule has 0 spiro atoms. The number of carbonyl (C=O) groups excluding carboxylic acids is 2. The lowest BCUT2D eigenvalue weighted by atomic mass is 9.94. The van der Waals surface area contributed by atoms with Crippen LogP contribution in [0.3, 0.4) is 0 Å². The van der Waals surface area contributed by atoms with Crippen molar-refractivity contribution in [2.24, 2.45) is 5.92 Å². The second kappa shape index (κ2) is 6.13. The molecule has 2 aromatic rings. The van der Waals surface area contributed by atoms with Crippen LogP contribution < -0.4 is 5.43 Å². The Kier molecular flexibility index (Phi) is 3.94. The van der Waals surface area contributed by atoms with E-state index in [1.165, 1.54) is 4.90 Å². The Bertz CT molecular complexity index is 772. The van der Waals surface area contributed by atoms with E-state index in [4.69, 9.17) is 4.42 Å². The highest BCUT2D eigenvalue weighted by Gasteiger charge is 2.59. The van der Waals surface area contributed by atoms with E-state index in [9.17, 15) is 9.59 Å². The molecule has 0 aliphatic carbocycles. The van der Waals surface area contributed by atoms with Gasteiger partial charge in [-0.1, -0.05) is 30.3 Å². The first kappa shape index (κ1) is 16.1. The highest BCUT2D eigenvalue weighted by Crippen LogP contribution is 2.41. The normalized spacial score (nSPS) is 26.7. The van der Waals surface area contributed by atoms with E-state index >= 15 is 0 Å². The number of fused-ring (bicyclic) bond motifs is 1. The Balaban J connectivity index is 1.69. The molecule has 2 saturated heterocycles. The highest BCUT2D eigenvalue weighted by molar-refractivity contribution is 6.08. The number of hydrogen-bond acceptors (Lipinski definition) is 5. The van der Waals surface area contributed by atoms with Crippen molar-refractivity contribution in [2.45, 2.75) is 38.5 Å². The second-order valence-corrected chi connectivity index (χ2v) is 6.85. The number of benzene rings is 1. The molecule has 0 saturated carbocycles. The van der Waals surface area contributed by atoms with Crippen LogP contribution in [0.1, 0.15) is 31.2 Å². The lowest BCUT2D eigenvalue weighted by Gasteiger charge is -2.26. The highest BCUT2D eigenvalue weighted by atomic mass is 16.3. The molecule has 2 amide bonds. The van der Waals surface area contributed by atoms with E-state index < -0.39 is 12.0 Å². The van der Waals surface area contributed by atoms with Gasteiger partial charge >= 0.3 is 0 Å². The van der Waals surface area contributed by atoms with Gasteiger partial charge in [0.25, 0.3) is 0 Å². The molecule has 130 valence electrons. The number of imide groups is 1. The van der Waals surface area contributed by atoms with E-state index in [1.807, 2.05) is 55.3 Å². The summed E-state index contributed by atoms with van der Waals surface area (Å²) in [4.78, 5) is 27.3. The zero-order valence-electron chi connectivity index (χ0n) is 14.3. The number of nitrogens with zero attached hydrogens (tertiary/aromatic N) is 2. The van der Waals surface area contributed by atoms with E-state index in [1.54, 1.807) is 12.3 Å². The van der Waals surface area contributed by atoms with Gasteiger partial charge in [0.1, 0.15) is 11.8 Å². The lowest BCUT2D eigenvalue weighted by molar-refractivity contribution is -0.143. The van der Waals surface area contributed by atoms with Crippen molar-refractivity contribution in [3.8, 4) is 0 Å². The Hall–Kier alpha value is -2.44.